The lowest BCUT2D eigenvalue weighted by atomic mass is 9.81. The van der Waals surface area contributed by atoms with Crippen LogP contribution in [0.15, 0.2) is 94.4 Å². The Kier molecular flexibility index (Phi) is 14.8. The molecule has 0 bridgehead atoms. The van der Waals surface area contributed by atoms with Crippen LogP contribution in [-0.4, -0.2) is 88.6 Å². The lowest BCUT2D eigenvalue weighted by Crippen LogP contribution is -2.41. The molecule has 16 nitrogen and oxygen atoms in total. The van der Waals surface area contributed by atoms with Crippen molar-refractivity contribution in [3.63, 3.8) is 0 Å². The van der Waals surface area contributed by atoms with Crippen LogP contribution in [0.5, 0.6) is 0 Å². The fourth-order valence-corrected chi connectivity index (χ4v) is 7.74. The van der Waals surface area contributed by atoms with Crippen LogP contribution >= 0.6 is 12.0 Å². The number of rotatable bonds is 20. The monoisotopic (exact) mass is 828 g/mol. The molecule has 1 atom stereocenters. The maximum Gasteiger partial charge on any atom is 0.326 e. The molecule has 0 aromatic heterocycles. The molecular weight excluding hydrogens is 783 g/mol. The highest BCUT2D eigenvalue weighted by atomic mass is 32.2. The predicted molar refractivity (Wildman–Crippen MR) is 210 cm³/mol. The summed E-state index contributed by atoms with van der Waals surface area (Å²) in [5, 5.41) is 34.8. The summed E-state index contributed by atoms with van der Waals surface area (Å²) in [6.45, 7) is 8.14. The van der Waals surface area contributed by atoms with Gasteiger partial charge >= 0.3 is 17.9 Å². The van der Waals surface area contributed by atoms with Crippen molar-refractivity contribution in [1.82, 2.24) is 5.32 Å². The SMILES string of the molecule is COOOSc1ccc2c(c1)C(C)(C)C(/C=C/C=C/C=C/C=C1/N(CCC(=O)O)c3ccc(S(=O)(=O)O)cc3C1(C)C)=[N+]2CCC(=O)N[C@@H](CCC(=O)O)C(=O)O. The highest BCUT2D eigenvalue weighted by Gasteiger charge is 2.45. The standard InChI is InChI=1S/C39H45N3O13S2/c1-38(2)27-23-25(56-55-54-53-5)13-16-30(27)41(21-19-34(43)40-29(37(48)49)15-18-35(44)45)32(38)11-9-7-6-8-10-12-33-39(3,4)28-24-26(57(50,51)52)14-17-31(28)42(33)22-20-36(46)47/h6-14,16-17,23-24,29H,15,18-22H2,1-5H3,(H4-,40,43,44,45,46,47,48,49,50,51,52)/p+1/t29-/m0/s1. The van der Waals surface area contributed by atoms with Gasteiger partial charge in [0.05, 0.1) is 42.3 Å². The van der Waals surface area contributed by atoms with E-state index in [4.69, 9.17) is 9.44 Å². The van der Waals surface area contributed by atoms with Crippen molar-refractivity contribution in [2.24, 2.45) is 0 Å². The number of hydrogen-bond donors (Lipinski definition) is 5. The van der Waals surface area contributed by atoms with Crippen molar-refractivity contribution in [3.8, 4) is 0 Å². The van der Waals surface area contributed by atoms with Crippen LogP contribution in [0.2, 0.25) is 0 Å². The molecule has 18 heteroatoms. The molecule has 0 spiro atoms. The second-order valence-electron chi connectivity index (χ2n) is 14.1. The number of carbonyl (C=O) groups is 4. The number of fused-ring (bicyclic) bond motifs is 2. The molecule has 0 unspecified atom stereocenters. The Morgan fingerprint density at radius 3 is 2.23 bits per heavy atom. The second-order valence-corrected chi connectivity index (χ2v) is 16.3. The number of carboxylic acid groups (broad SMARTS) is 3. The van der Waals surface area contributed by atoms with E-state index in [-0.39, 0.29) is 37.2 Å². The Labute approximate surface area is 334 Å². The number of carbonyl (C=O) groups excluding carboxylic acids is 1. The normalized spacial score (nSPS) is 17.2. The molecule has 0 saturated heterocycles. The van der Waals surface area contributed by atoms with Crippen molar-refractivity contribution in [1.29, 1.82) is 0 Å². The molecular formula is C39H46N3O13S2+. The average molecular weight is 829 g/mol. The van der Waals surface area contributed by atoms with Crippen LogP contribution in [0.4, 0.5) is 11.4 Å². The number of amides is 1. The zero-order valence-electron chi connectivity index (χ0n) is 32.0. The molecule has 306 valence electrons. The fourth-order valence-electron chi connectivity index (χ4n) is 6.78. The van der Waals surface area contributed by atoms with E-state index >= 15 is 0 Å². The molecule has 4 rings (SSSR count). The van der Waals surface area contributed by atoms with Crippen molar-refractivity contribution >= 4 is 63.1 Å². The summed E-state index contributed by atoms with van der Waals surface area (Å²) >= 11 is 0.947. The summed E-state index contributed by atoms with van der Waals surface area (Å²) in [6.07, 6.45) is 11.8. The van der Waals surface area contributed by atoms with Gasteiger partial charge in [-0.05, 0) is 62.2 Å². The summed E-state index contributed by atoms with van der Waals surface area (Å²) in [5.41, 5.74) is 3.29. The molecule has 1 amide bonds. The zero-order valence-corrected chi connectivity index (χ0v) is 33.6. The van der Waals surface area contributed by atoms with E-state index in [9.17, 15) is 42.4 Å². The number of benzene rings is 2. The number of carboxylic acids is 3. The summed E-state index contributed by atoms with van der Waals surface area (Å²) < 4.78 is 40.4. The lowest BCUT2D eigenvalue weighted by molar-refractivity contribution is -0.447. The Morgan fingerprint density at radius 2 is 1.58 bits per heavy atom. The molecule has 2 aromatic carbocycles. The quantitative estimate of drug-likeness (QED) is 0.0212. The van der Waals surface area contributed by atoms with Gasteiger partial charge in [0.25, 0.3) is 10.1 Å². The summed E-state index contributed by atoms with van der Waals surface area (Å²) in [5.74, 6) is -4.03. The van der Waals surface area contributed by atoms with Gasteiger partial charge in [0, 0.05) is 52.4 Å². The highest BCUT2D eigenvalue weighted by Crippen LogP contribution is 2.48. The number of aliphatic carboxylic acids is 3. The number of anilines is 1. The first-order valence-electron chi connectivity index (χ1n) is 17.7. The first kappa shape index (κ1) is 44.6. The Balaban J connectivity index is 1.59. The van der Waals surface area contributed by atoms with Gasteiger partial charge in [-0.15, -0.1) is 4.33 Å². The lowest BCUT2D eigenvalue weighted by Gasteiger charge is -2.26. The van der Waals surface area contributed by atoms with Gasteiger partial charge in [0.15, 0.2) is 12.3 Å². The molecule has 0 saturated carbocycles. The van der Waals surface area contributed by atoms with Crippen molar-refractivity contribution < 1.29 is 66.3 Å². The largest absolute Gasteiger partial charge is 0.481 e. The maximum absolute atomic E-state index is 12.9. The molecule has 0 aliphatic carbocycles. The summed E-state index contributed by atoms with van der Waals surface area (Å²) in [6, 6.07) is 8.52. The van der Waals surface area contributed by atoms with E-state index in [1.54, 1.807) is 30.4 Å². The van der Waals surface area contributed by atoms with Gasteiger partial charge in [-0.3, -0.25) is 18.9 Å². The Bertz CT molecular complexity index is 2150. The van der Waals surface area contributed by atoms with E-state index in [0.717, 1.165) is 39.6 Å². The summed E-state index contributed by atoms with van der Waals surface area (Å²) in [4.78, 5) is 53.9. The van der Waals surface area contributed by atoms with Crippen LogP contribution in [0.25, 0.3) is 0 Å². The van der Waals surface area contributed by atoms with Crippen LogP contribution in [0.1, 0.15) is 64.5 Å². The number of allylic oxidation sites excluding steroid dienone is 8. The third-order valence-corrected chi connectivity index (χ3v) is 11.0. The fraction of sp³-hybridized carbons (Fsp3) is 0.359. The van der Waals surface area contributed by atoms with Gasteiger partial charge in [-0.2, -0.15) is 13.0 Å². The predicted octanol–water partition coefficient (Wildman–Crippen LogP) is 5.48. The van der Waals surface area contributed by atoms with Crippen LogP contribution in [-0.2, 0) is 54.4 Å². The molecule has 0 radical (unpaired) electrons. The van der Waals surface area contributed by atoms with E-state index in [1.807, 2.05) is 73.6 Å². The highest BCUT2D eigenvalue weighted by molar-refractivity contribution is 7.94. The second kappa shape index (κ2) is 18.9. The Morgan fingerprint density at radius 1 is 0.895 bits per heavy atom. The third kappa shape index (κ3) is 11.1. The van der Waals surface area contributed by atoms with Crippen LogP contribution in [0.3, 0.4) is 0 Å². The molecule has 2 heterocycles. The van der Waals surface area contributed by atoms with Gasteiger partial charge in [0.2, 0.25) is 11.6 Å². The number of nitrogens with zero attached hydrogens (tertiary/aromatic N) is 2. The van der Waals surface area contributed by atoms with Gasteiger partial charge in [0.1, 0.15) is 6.04 Å². The first-order valence-corrected chi connectivity index (χ1v) is 19.9. The molecule has 2 aromatic rings. The summed E-state index contributed by atoms with van der Waals surface area (Å²) in [7, 11) is -3.15. The average Bonchev–Trinajstić information content (AvgIpc) is 3.47. The van der Waals surface area contributed by atoms with Gasteiger partial charge in [-0.25, -0.2) is 9.68 Å². The van der Waals surface area contributed by atoms with Crippen molar-refractivity contribution in [2.75, 3.05) is 25.1 Å². The van der Waals surface area contributed by atoms with E-state index in [2.05, 4.69) is 15.2 Å². The smallest absolute Gasteiger partial charge is 0.326 e. The minimum Gasteiger partial charge on any atom is -0.481 e. The molecule has 0 fully saturated rings. The Hall–Kier alpha value is -5.11. The third-order valence-electron chi connectivity index (χ3n) is 9.60. The minimum atomic E-state index is -4.46. The van der Waals surface area contributed by atoms with E-state index < -0.39 is 57.2 Å². The van der Waals surface area contributed by atoms with E-state index in [1.165, 1.54) is 19.2 Å². The van der Waals surface area contributed by atoms with Crippen molar-refractivity contribution in [3.05, 3.63) is 95.8 Å². The van der Waals surface area contributed by atoms with Gasteiger partial charge in [-0.1, -0.05) is 49.3 Å². The van der Waals surface area contributed by atoms with Crippen LogP contribution < -0.4 is 10.2 Å². The number of hydrogen-bond acceptors (Lipinski definition) is 11. The van der Waals surface area contributed by atoms with E-state index in [0.29, 0.717) is 11.3 Å². The topological polar surface area (TPSA) is 229 Å². The molecule has 57 heavy (non-hydrogen) atoms. The van der Waals surface area contributed by atoms with Crippen molar-refractivity contribution in [2.45, 2.75) is 80.0 Å². The molecule has 2 aliphatic heterocycles. The first-order chi connectivity index (χ1) is 26.8. The number of nitrogens with one attached hydrogen (secondary N) is 1. The maximum atomic E-state index is 12.9. The van der Waals surface area contributed by atoms with Crippen LogP contribution in [0, 0.1) is 0 Å². The minimum absolute atomic E-state index is 0.0843. The molecule has 2 aliphatic rings. The van der Waals surface area contributed by atoms with Gasteiger partial charge < -0.3 is 25.5 Å². The molecule has 5 N–H and O–H groups in total. The zero-order chi connectivity index (χ0) is 42.1.